The van der Waals surface area contributed by atoms with Crippen LogP contribution in [0, 0.1) is 0 Å². The number of hydrogen-bond donors (Lipinski definition) is 2. The number of hydrogen-bond acceptors (Lipinski definition) is 0. The Morgan fingerprint density at radius 2 is 1.22 bits per heavy atom. The second kappa shape index (κ2) is 5.48. The first-order valence-corrected chi connectivity index (χ1v) is 9.79. The first-order chi connectivity index (χ1) is 13.3. The van der Waals surface area contributed by atoms with Crippen LogP contribution in [0.15, 0.2) is 83.3 Å². The summed E-state index contributed by atoms with van der Waals surface area (Å²) in [5, 5.41) is 5.06. The summed E-state index contributed by atoms with van der Waals surface area (Å²) in [4.78, 5) is 7.30. The molecule has 6 aromatic rings. The van der Waals surface area contributed by atoms with Gasteiger partial charge in [-0.3, -0.25) is 0 Å². The molecule has 128 valence electrons. The number of rotatable bonds is 1. The predicted molar refractivity (Wildman–Crippen MR) is 118 cm³/mol. The Labute approximate surface area is 164 Å². The minimum Gasteiger partial charge on any atom is -0.354 e. The quantitative estimate of drug-likeness (QED) is 0.283. The van der Waals surface area contributed by atoms with Gasteiger partial charge >= 0.3 is 0 Å². The van der Waals surface area contributed by atoms with Crippen LogP contribution >= 0.6 is 15.9 Å². The van der Waals surface area contributed by atoms with Crippen molar-refractivity contribution in [2.24, 2.45) is 0 Å². The van der Waals surface area contributed by atoms with E-state index >= 15 is 0 Å². The van der Waals surface area contributed by atoms with Gasteiger partial charge in [0.2, 0.25) is 0 Å². The normalized spacial score (nSPS) is 11.9. The van der Waals surface area contributed by atoms with Crippen LogP contribution in [0.25, 0.3) is 54.7 Å². The second-order valence-corrected chi connectivity index (χ2v) is 7.86. The van der Waals surface area contributed by atoms with Gasteiger partial charge in [0.15, 0.2) is 0 Å². The van der Waals surface area contributed by atoms with Crippen molar-refractivity contribution < 1.29 is 0 Å². The highest BCUT2D eigenvalue weighted by molar-refractivity contribution is 9.10. The largest absolute Gasteiger partial charge is 0.354 e. The molecule has 0 aliphatic heterocycles. The van der Waals surface area contributed by atoms with Crippen molar-refractivity contribution in [3.05, 3.63) is 83.3 Å². The van der Waals surface area contributed by atoms with E-state index in [1.807, 2.05) is 0 Å². The van der Waals surface area contributed by atoms with Crippen molar-refractivity contribution in [2.75, 3.05) is 0 Å². The summed E-state index contributed by atoms with van der Waals surface area (Å²) in [6.07, 6.45) is 0. The molecule has 0 amide bonds. The summed E-state index contributed by atoms with van der Waals surface area (Å²) in [6.45, 7) is 0. The van der Waals surface area contributed by atoms with E-state index in [1.54, 1.807) is 0 Å². The van der Waals surface area contributed by atoms with Gasteiger partial charge in [-0.2, -0.15) is 0 Å². The molecule has 2 N–H and O–H groups in total. The lowest BCUT2D eigenvalue weighted by molar-refractivity contribution is 1.54. The van der Waals surface area contributed by atoms with Gasteiger partial charge in [-0.1, -0.05) is 64.5 Å². The molecule has 0 bridgehead atoms. The molecule has 2 aromatic heterocycles. The molecule has 0 unspecified atom stereocenters. The van der Waals surface area contributed by atoms with Crippen LogP contribution in [0.4, 0.5) is 0 Å². The van der Waals surface area contributed by atoms with Crippen molar-refractivity contribution in [2.45, 2.75) is 0 Å². The summed E-state index contributed by atoms with van der Waals surface area (Å²) in [5.74, 6) is 0. The van der Waals surface area contributed by atoms with Crippen LogP contribution in [-0.4, -0.2) is 9.97 Å². The summed E-state index contributed by atoms with van der Waals surface area (Å²) in [5.41, 5.74) is 7.16. The molecule has 0 radical (unpaired) electrons. The summed E-state index contributed by atoms with van der Waals surface area (Å²) < 4.78 is 1.09. The van der Waals surface area contributed by atoms with Crippen molar-refractivity contribution in [1.82, 2.24) is 9.97 Å². The van der Waals surface area contributed by atoms with Gasteiger partial charge in [0.25, 0.3) is 0 Å². The van der Waals surface area contributed by atoms with Gasteiger partial charge in [-0.15, -0.1) is 0 Å². The number of H-pyrrole nitrogens is 2. The number of benzene rings is 4. The number of nitrogens with one attached hydrogen (secondary N) is 2. The van der Waals surface area contributed by atoms with Crippen LogP contribution in [0.2, 0.25) is 0 Å². The van der Waals surface area contributed by atoms with Crippen molar-refractivity contribution in [3.63, 3.8) is 0 Å². The molecule has 0 spiro atoms. The molecule has 3 heteroatoms. The Morgan fingerprint density at radius 1 is 0.593 bits per heavy atom. The molecular formula is C24H15BrN2. The molecule has 2 nitrogen and oxygen atoms in total. The molecule has 4 aromatic carbocycles. The zero-order valence-corrected chi connectivity index (χ0v) is 16.0. The fourth-order valence-electron chi connectivity index (χ4n) is 4.22. The lowest BCUT2D eigenvalue weighted by Crippen LogP contribution is -1.82. The summed E-state index contributed by atoms with van der Waals surface area (Å²) in [6, 6.07) is 27.9. The van der Waals surface area contributed by atoms with E-state index in [0.717, 1.165) is 9.99 Å². The average Bonchev–Trinajstić information content (AvgIpc) is 3.26. The minimum atomic E-state index is 1.09. The molecule has 0 aliphatic carbocycles. The van der Waals surface area contributed by atoms with Crippen molar-refractivity contribution in [3.8, 4) is 11.1 Å². The Hall–Kier alpha value is -3.04. The van der Waals surface area contributed by atoms with E-state index in [4.69, 9.17) is 0 Å². The molecule has 0 saturated carbocycles. The number of halogens is 1. The number of aromatic nitrogens is 2. The number of para-hydroxylation sites is 2. The molecule has 0 saturated heterocycles. The lowest BCUT2D eigenvalue weighted by Gasteiger charge is -2.07. The van der Waals surface area contributed by atoms with Crippen LogP contribution in [0.3, 0.4) is 0 Å². The van der Waals surface area contributed by atoms with Crippen LogP contribution in [0.5, 0.6) is 0 Å². The van der Waals surface area contributed by atoms with E-state index in [2.05, 4.69) is 105 Å². The van der Waals surface area contributed by atoms with E-state index < -0.39 is 0 Å². The molecule has 0 atom stereocenters. The topological polar surface area (TPSA) is 31.6 Å². The van der Waals surface area contributed by atoms with Gasteiger partial charge in [-0.05, 0) is 41.5 Å². The zero-order chi connectivity index (χ0) is 18.0. The molecule has 0 fully saturated rings. The van der Waals surface area contributed by atoms with Gasteiger partial charge in [-0.25, -0.2) is 0 Å². The van der Waals surface area contributed by atoms with Crippen LogP contribution < -0.4 is 0 Å². The Bertz CT molecular complexity index is 1470. The zero-order valence-electron chi connectivity index (χ0n) is 14.4. The fourth-order valence-corrected chi connectivity index (χ4v) is 4.49. The van der Waals surface area contributed by atoms with Crippen molar-refractivity contribution in [1.29, 1.82) is 0 Å². The number of fused-ring (bicyclic) bond motifs is 7. The molecule has 27 heavy (non-hydrogen) atoms. The third kappa shape index (κ3) is 2.12. The average molecular weight is 411 g/mol. The van der Waals surface area contributed by atoms with E-state index in [1.165, 1.54) is 49.2 Å². The molecular weight excluding hydrogens is 396 g/mol. The van der Waals surface area contributed by atoms with Crippen LogP contribution in [-0.2, 0) is 0 Å². The van der Waals surface area contributed by atoms with E-state index in [-0.39, 0.29) is 0 Å². The first-order valence-electron chi connectivity index (χ1n) is 8.99. The summed E-state index contributed by atoms with van der Waals surface area (Å²) >= 11 is 3.55. The predicted octanol–water partition coefficient (Wildman–Crippen LogP) is 7.39. The maximum Gasteiger partial charge on any atom is 0.0572 e. The lowest BCUT2D eigenvalue weighted by atomic mass is 9.97. The smallest absolute Gasteiger partial charge is 0.0572 e. The van der Waals surface area contributed by atoms with Gasteiger partial charge in [0.05, 0.1) is 5.52 Å². The Morgan fingerprint density at radius 3 is 1.96 bits per heavy atom. The molecule has 0 aliphatic rings. The standard InChI is InChI=1S/C24H15BrN2/c25-15-11-9-14(10-12-15)18-13-21-23(17-6-2-3-7-19(17)26-21)24-22(18)16-5-1-4-8-20(16)27-24/h1-13,26-27H. The Balaban J connectivity index is 1.88. The number of aromatic amines is 2. The van der Waals surface area contributed by atoms with Crippen molar-refractivity contribution >= 4 is 59.5 Å². The fraction of sp³-hybridized carbons (Fsp3) is 0. The van der Waals surface area contributed by atoms with Gasteiger partial charge in [0.1, 0.15) is 0 Å². The molecule has 2 heterocycles. The van der Waals surface area contributed by atoms with Gasteiger partial charge < -0.3 is 9.97 Å². The maximum atomic E-state index is 3.69. The first kappa shape index (κ1) is 15.1. The maximum absolute atomic E-state index is 3.69. The highest BCUT2D eigenvalue weighted by Gasteiger charge is 2.17. The van der Waals surface area contributed by atoms with E-state index in [0.29, 0.717) is 0 Å². The van der Waals surface area contributed by atoms with E-state index in [9.17, 15) is 0 Å². The second-order valence-electron chi connectivity index (χ2n) is 6.94. The molecule has 6 rings (SSSR count). The third-order valence-electron chi connectivity index (χ3n) is 5.40. The van der Waals surface area contributed by atoms with Crippen LogP contribution in [0.1, 0.15) is 0 Å². The summed E-state index contributed by atoms with van der Waals surface area (Å²) in [7, 11) is 0. The SMILES string of the molecule is Brc1ccc(-c2cc3[nH]c4ccccc4c3c3[nH]c4ccccc4c23)cc1. The van der Waals surface area contributed by atoms with Gasteiger partial charge in [0, 0.05) is 42.6 Å². The third-order valence-corrected chi connectivity index (χ3v) is 5.93. The monoisotopic (exact) mass is 410 g/mol. The highest BCUT2D eigenvalue weighted by atomic mass is 79.9. The minimum absolute atomic E-state index is 1.09. The highest BCUT2D eigenvalue weighted by Crippen LogP contribution is 2.41. The Kier molecular flexibility index (Phi) is 3.06.